The molecule has 0 aromatic heterocycles. The number of hydrogen-bond donors (Lipinski definition) is 0. The van der Waals surface area contributed by atoms with Crippen LogP contribution in [-0.2, 0) is 0 Å². The van der Waals surface area contributed by atoms with E-state index in [2.05, 4.69) is 55.9 Å². The van der Waals surface area contributed by atoms with E-state index in [1.165, 1.54) is 241 Å². The fourth-order valence-electron chi connectivity index (χ4n) is 6.92. The molecule has 0 radical (unpaired) electrons. The van der Waals surface area contributed by atoms with Crippen LogP contribution in [0, 0.1) is 0 Å². The summed E-state index contributed by atoms with van der Waals surface area (Å²) in [5, 5.41) is 0. The molecule has 0 aliphatic heterocycles. The van der Waals surface area contributed by atoms with Gasteiger partial charge < -0.3 is 8.97 Å². The molecule has 0 N–H and O–H groups in total. The Bertz CT molecular complexity index is 496. The van der Waals surface area contributed by atoms with Crippen molar-refractivity contribution in [2.75, 3.05) is 54.4 Å². The Labute approximate surface area is 295 Å². The van der Waals surface area contributed by atoms with E-state index in [1.54, 1.807) is 0 Å². The van der Waals surface area contributed by atoms with Crippen LogP contribution in [0.4, 0.5) is 0 Å². The molecule has 0 saturated carbocycles. The molecule has 0 saturated heterocycles. The van der Waals surface area contributed by atoms with Gasteiger partial charge in [-0.25, -0.2) is 0 Å². The van der Waals surface area contributed by atoms with Gasteiger partial charge in [-0.3, -0.25) is 0 Å². The number of rotatable bonds is 36. The fourth-order valence-corrected chi connectivity index (χ4v) is 6.92. The summed E-state index contributed by atoms with van der Waals surface area (Å²) in [5.74, 6) is 0. The van der Waals surface area contributed by atoms with Crippen molar-refractivity contribution in [2.45, 2.75) is 233 Å². The predicted octanol–water partition coefficient (Wildman–Crippen LogP) is 14.7. The van der Waals surface area contributed by atoms with Crippen molar-refractivity contribution in [3.05, 3.63) is 0 Å². The molecule has 0 aliphatic rings. The Morgan fingerprint density at radius 3 is 0.478 bits per heavy atom. The normalized spacial score (nSPS) is 12.0. The second-order valence-electron chi connectivity index (χ2n) is 16.7. The number of nitrogens with zero attached hydrogens (tertiary/aromatic N) is 2. The maximum atomic E-state index is 2.45. The quantitative estimate of drug-likeness (QED) is 0.0467. The zero-order valence-corrected chi connectivity index (χ0v) is 34.4. The van der Waals surface area contributed by atoms with Gasteiger partial charge in [0.15, 0.2) is 0 Å². The molecule has 0 unspecified atom stereocenters. The first kappa shape index (κ1) is 48.0. The lowest BCUT2D eigenvalue weighted by molar-refractivity contribution is -0.890. The second-order valence-corrected chi connectivity index (χ2v) is 16.7. The van der Waals surface area contributed by atoms with Crippen molar-refractivity contribution in [2.24, 2.45) is 0 Å². The Morgan fingerprint density at radius 1 is 0.196 bits per heavy atom. The van der Waals surface area contributed by atoms with Gasteiger partial charge in [-0.2, -0.15) is 0 Å². The molecule has 0 aromatic rings. The highest BCUT2D eigenvalue weighted by Crippen LogP contribution is 2.15. The molecular weight excluding hydrogens is 556 g/mol. The highest BCUT2D eigenvalue weighted by molar-refractivity contribution is 4.51. The maximum Gasteiger partial charge on any atom is 0.0782 e. The summed E-state index contributed by atoms with van der Waals surface area (Å²) in [6, 6.07) is 0. The molecule has 0 bridgehead atoms. The van der Waals surface area contributed by atoms with Gasteiger partial charge in [-0.05, 0) is 51.4 Å². The Hall–Kier alpha value is -0.0800. The average Bonchev–Trinajstić information content (AvgIpc) is 3.02. The molecule has 0 spiro atoms. The molecule has 0 atom stereocenters. The van der Waals surface area contributed by atoms with E-state index in [0.29, 0.717) is 0 Å². The van der Waals surface area contributed by atoms with E-state index in [4.69, 9.17) is 0 Å². The predicted molar refractivity (Wildman–Crippen MR) is 214 cm³/mol. The first-order valence-corrected chi connectivity index (χ1v) is 21.9. The smallest absolute Gasteiger partial charge is 0.0782 e. The number of quaternary nitrogens is 2. The topological polar surface area (TPSA) is 0 Å². The lowest BCUT2D eigenvalue weighted by atomic mass is 10.1. The zero-order chi connectivity index (χ0) is 34.5. The van der Waals surface area contributed by atoms with Gasteiger partial charge in [0.25, 0.3) is 0 Å². The Balaban J connectivity index is 0. The Kier molecular flexibility index (Phi) is 39.4. The lowest BCUT2D eigenvalue weighted by Gasteiger charge is -2.30. The van der Waals surface area contributed by atoms with Gasteiger partial charge in [0.05, 0.1) is 54.4 Å². The summed E-state index contributed by atoms with van der Waals surface area (Å²) >= 11 is 0. The van der Waals surface area contributed by atoms with E-state index < -0.39 is 0 Å². The van der Waals surface area contributed by atoms with E-state index in [0.717, 1.165) is 0 Å². The molecule has 280 valence electrons. The number of hydrogen-bond acceptors (Lipinski definition) is 0. The second kappa shape index (κ2) is 37.7. The molecule has 2 nitrogen and oxygen atoms in total. The van der Waals surface area contributed by atoms with Crippen LogP contribution in [0.5, 0.6) is 0 Å². The summed E-state index contributed by atoms with van der Waals surface area (Å²) < 4.78 is 2.48. The van der Waals surface area contributed by atoms with Crippen LogP contribution in [0.1, 0.15) is 233 Å². The summed E-state index contributed by atoms with van der Waals surface area (Å²) in [6.45, 7) is 14.7. The van der Waals surface area contributed by atoms with Crippen molar-refractivity contribution in [3.63, 3.8) is 0 Å². The van der Waals surface area contributed by atoms with Gasteiger partial charge in [-0.1, -0.05) is 182 Å². The molecule has 0 fully saturated rings. The first-order valence-electron chi connectivity index (χ1n) is 21.9. The fraction of sp³-hybridized carbons (Fsp3) is 1.00. The van der Waals surface area contributed by atoms with Gasteiger partial charge in [0.1, 0.15) is 0 Å². The lowest BCUT2D eigenvalue weighted by Crippen LogP contribution is -2.41. The van der Waals surface area contributed by atoms with Gasteiger partial charge in [0.2, 0.25) is 0 Å². The van der Waals surface area contributed by atoms with Crippen molar-refractivity contribution >= 4 is 0 Å². The molecule has 0 rings (SSSR count). The summed E-state index contributed by atoms with van der Waals surface area (Å²) in [5.41, 5.74) is 0. The molecule has 0 heterocycles. The van der Waals surface area contributed by atoms with Crippen LogP contribution in [0.3, 0.4) is 0 Å². The van der Waals surface area contributed by atoms with Gasteiger partial charge in [-0.15, -0.1) is 0 Å². The summed E-state index contributed by atoms with van der Waals surface area (Å²) in [7, 11) is 9.72. The zero-order valence-electron chi connectivity index (χ0n) is 34.4. The van der Waals surface area contributed by atoms with Crippen molar-refractivity contribution < 1.29 is 8.97 Å². The standard InChI is InChI=1S/C26H56N.C18H40N/c1-5-7-9-11-13-15-17-19-21-23-25-27(3,4)26-24-22-20-18-16-14-12-10-8-6-2;1-5-7-9-11-13-15-17-19(3,4)18-16-14-12-10-8-6-2/h5-26H2,1-4H3;5-18H2,1-4H3/q2*+1. The minimum Gasteiger partial charge on any atom is -0.328 e. The average molecular weight is 653 g/mol. The van der Waals surface area contributed by atoms with Crippen LogP contribution < -0.4 is 0 Å². The first-order chi connectivity index (χ1) is 22.2. The highest BCUT2D eigenvalue weighted by atomic mass is 15.3. The molecule has 0 aliphatic carbocycles. The third-order valence-corrected chi connectivity index (χ3v) is 10.5. The van der Waals surface area contributed by atoms with Gasteiger partial charge in [0, 0.05) is 0 Å². The van der Waals surface area contributed by atoms with E-state index in [1.807, 2.05) is 0 Å². The maximum absolute atomic E-state index is 2.45. The van der Waals surface area contributed by atoms with Crippen molar-refractivity contribution in [1.29, 1.82) is 0 Å². The SMILES string of the molecule is CCCCCCCCCCCC[N+](C)(C)CCCCCCCCCCCC.CCCCCCCC[N+](C)(C)CCCCCCCC. The van der Waals surface area contributed by atoms with Crippen LogP contribution in [0.2, 0.25) is 0 Å². The largest absolute Gasteiger partial charge is 0.328 e. The highest BCUT2D eigenvalue weighted by Gasteiger charge is 2.14. The van der Waals surface area contributed by atoms with Gasteiger partial charge >= 0.3 is 0 Å². The third-order valence-electron chi connectivity index (χ3n) is 10.5. The molecule has 2 heteroatoms. The van der Waals surface area contributed by atoms with E-state index in [9.17, 15) is 0 Å². The molecule has 0 aromatic carbocycles. The monoisotopic (exact) mass is 653 g/mol. The molecule has 46 heavy (non-hydrogen) atoms. The minimum absolute atomic E-state index is 1.24. The molecular formula is C44H96N2+2. The van der Waals surface area contributed by atoms with E-state index >= 15 is 0 Å². The van der Waals surface area contributed by atoms with Crippen LogP contribution in [0.25, 0.3) is 0 Å². The Morgan fingerprint density at radius 2 is 0.326 bits per heavy atom. The van der Waals surface area contributed by atoms with Crippen molar-refractivity contribution in [1.82, 2.24) is 0 Å². The van der Waals surface area contributed by atoms with Crippen LogP contribution in [-0.4, -0.2) is 63.3 Å². The van der Waals surface area contributed by atoms with Crippen LogP contribution >= 0.6 is 0 Å². The molecule has 0 amide bonds. The van der Waals surface area contributed by atoms with Crippen LogP contribution in [0.15, 0.2) is 0 Å². The minimum atomic E-state index is 1.24. The number of unbranched alkanes of at least 4 members (excludes halogenated alkanes) is 28. The van der Waals surface area contributed by atoms with E-state index in [-0.39, 0.29) is 0 Å². The third kappa shape index (κ3) is 41.9. The summed E-state index contributed by atoms with van der Waals surface area (Å²) in [6.07, 6.45) is 46.1. The summed E-state index contributed by atoms with van der Waals surface area (Å²) in [4.78, 5) is 0. The van der Waals surface area contributed by atoms with Crippen molar-refractivity contribution in [3.8, 4) is 0 Å².